The molecule has 23 heavy (non-hydrogen) atoms. The Hall–Kier alpha value is -1.56. The molecule has 1 aromatic carbocycles. The summed E-state index contributed by atoms with van der Waals surface area (Å²) in [4.78, 5) is 12.2. The molecular formula is C17H26N2O3S. The number of hydrogen-bond donors (Lipinski definition) is 2. The van der Waals surface area contributed by atoms with Gasteiger partial charge in [0.25, 0.3) is 0 Å². The lowest BCUT2D eigenvalue weighted by atomic mass is 9.95. The molecule has 0 spiro atoms. The van der Waals surface area contributed by atoms with E-state index in [-0.39, 0.29) is 17.3 Å². The predicted molar refractivity (Wildman–Crippen MR) is 94.6 cm³/mol. The van der Waals surface area contributed by atoms with Gasteiger partial charge in [-0.3, -0.25) is 4.21 Å². The van der Waals surface area contributed by atoms with Crippen molar-refractivity contribution in [2.75, 3.05) is 18.2 Å². The number of methoxy groups -OCH3 is 1. The predicted octanol–water partition coefficient (Wildman–Crippen LogP) is 3.20. The van der Waals surface area contributed by atoms with Gasteiger partial charge in [0, 0.05) is 33.5 Å². The fourth-order valence-corrected chi connectivity index (χ4v) is 4.41. The lowest BCUT2D eigenvalue weighted by Gasteiger charge is -2.29. The number of hydrogen-bond acceptors (Lipinski definition) is 3. The maximum Gasteiger partial charge on any atom is 0.319 e. The zero-order valence-corrected chi connectivity index (χ0v) is 14.9. The van der Waals surface area contributed by atoms with Crippen LogP contribution in [-0.2, 0) is 10.8 Å². The third kappa shape index (κ3) is 4.96. The smallest absolute Gasteiger partial charge is 0.319 e. The third-order valence-electron chi connectivity index (χ3n) is 4.27. The third-order valence-corrected chi connectivity index (χ3v) is 6.01. The number of anilines is 1. The van der Waals surface area contributed by atoms with Gasteiger partial charge in [0.05, 0.1) is 7.11 Å². The summed E-state index contributed by atoms with van der Waals surface area (Å²) >= 11 is 0. The largest absolute Gasteiger partial charge is 0.496 e. The Morgan fingerprint density at radius 2 is 2.17 bits per heavy atom. The van der Waals surface area contributed by atoms with Gasteiger partial charge in [-0.25, -0.2) is 4.79 Å². The zero-order chi connectivity index (χ0) is 16.8. The summed E-state index contributed by atoms with van der Waals surface area (Å²) in [6.07, 6.45) is 3.77. The second-order valence-corrected chi connectivity index (χ2v) is 7.94. The summed E-state index contributed by atoms with van der Waals surface area (Å²) < 4.78 is 17.2. The highest BCUT2D eigenvalue weighted by atomic mass is 32.2. The highest BCUT2D eigenvalue weighted by molar-refractivity contribution is 7.85. The summed E-state index contributed by atoms with van der Waals surface area (Å²) in [5, 5.41) is 6.08. The molecule has 0 radical (unpaired) electrons. The maximum absolute atomic E-state index is 12.2. The van der Waals surface area contributed by atoms with Crippen LogP contribution in [0.1, 0.15) is 38.2 Å². The van der Waals surface area contributed by atoms with Crippen molar-refractivity contribution in [2.45, 2.75) is 50.8 Å². The molecule has 0 unspecified atom stereocenters. The van der Waals surface area contributed by atoms with Gasteiger partial charge in [-0.05, 0) is 49.9 Å². The van der Waals surface area contributed by atoms with E-state index in [0.717, 1.165) is 42.7 Å². The Morgan fingerprint density at radius 3 is 2.83 bits per heavy atom. The Kier molecular flexibility index (Phi) is 6.45. The molecule has 0 heterocycles. The van der Waals surface area contributed by atoms with Crippen LogP contribution < -0.4 is 15.4 Å². The van der Waals surface area contributed by atoms with E-state index in [1.54, 1.807) is 7.11 Å². The normalized spacial score (nSPS) is 22.2. The van der Waals surface area contributed by atoms with Crippen LogP contribution in [0.25, 0.3) is 0 Å². The summed E-state index contributed by atoms with van der Waals surface area (Å²) in [6, 6.07) is 5.44. The van der Waals surface area contributed by atoms with Crippen molar-refractivity contribution in [3.63, 3.8) is 0 Å². The number of urea groups is 1. The van der Waals surface area contributed by atoms with Gasteiger partial charge in [0.15, 0.2) is 0 Å². The number of aryl methyl sites for hydroxylation is 1. The molecule has 3 atom stereocenters. The highest BCUT2D eigenvalue weighted by Gasteiger charge is 2.26. The van der Waals surface area contributed by atoms with Crippen LogP contribution in [0.4, 0.5) is 10.5 Å². The number of benzene rings is 1. The minimum absolute atomic E-state index is 0.101. The molecule has 2 rings (SSSR count). The number of carbonyl (C=O) groups is 1. The standard InChI is InChI=1S/C17H26N2O3S/c1-4-23(21)15-7-5-6-13(11-15)18-17(20)19-14-8-9-16(22-3)12(2)10-14/h8-10,13,15H,4-7,11H2,1-3H3,(H2,18,19,20)/t13-,15+,23+/m1/s1. The molecule has 1 aliphatic rings. The Morgan fingerprint density at radius 1 is 1.39 bits per heavy atom. The number of ether oxygens (including phenoxy) is 1. The highest BCUT2D eigenvalue weighted by Crippen LogP contribution is 2.24. The van der Waals surface area contributed by atoms with Gasteiger partial charge in [-0.1, -0.05) is 13.3 Å². The Balaban J connectivity index is 1.89. The van der Waals surface area contributed by atoms with E-state index in [9.17, 15) is 9.00 Å². The molecule has 5 nitrogen and oxygen atoms in total. The van der Waals surface area contributed by atoms with Gasteiger partial charge >= 0.3 is 6.03 Å². The molecule has 2 amide bonds. The summed E-state index contributed by atoms with van der Waals surface area (Å²) in [5.74, 6) is 1.49. The molecule has 0 aromatic heterocycles. The number of amides is 2. The Bertz CT molecular complexity index is 577. The quantitative estimate of drug-likeness (QED) is 0.866. The summed E-state index contributed by atoms with van der Waals surface area (Å²) in [6.45, 7) is 3.89. The topological polar surface area (TPSA) is 67.4 Å². The number of rotatable bonds is 5. The first-order valence-electron chi connectivity index (χ1n) is 8.12. The van der Waals surface area contributed by atoms with Crippen molar-refractivity contribution in [1.82, 2.24) is 5.32 Å². The minimum atomic E-state index is -0.779. The average molecular weight is 338 g/mol. The maximum atomic E-state index is 12.2. The van der Waals surface area contributed by atoms with E-state index in [4.69, 9.17) is 4.74 Å². The van der Waals surface area contributed by atoms with Crippen LogP contribution in [0, 0.1) is 6.92 Å². The molecule has 1 aliphatic carbocycles. The lowest BCUT2D eigenvalue weighted by Crippen LogP contribution is -2.42. The average Bonchev–Trinajstić information content (AvgIpc) is 2.54. The number of nitrogens with one attached hydrogen (secondary N) is 2. The molecule has 128 valence electrons. The SMILES string of the molecule is CC[S@](=O)[C@H]1CCC[C@@H](NC(=O)Nc2ccc(OC)c(C)c2)C1. The molecular weight excluding hydrogens is 312 g/mol. The molecule has 0 bridgehead atoms. The minimum Gasteiger partial charge on any atom is -0.496 e. The summed E-state index contributed by atoms with van der Waals surface area (Å²) in [7, 11) is 0.848. The first kappa shape index (κ1) is 17.8. The molecule has 6 heteroatoms. The van der Waals surface area contributed by atoms with Crippen LogP contribution in [0.15, 0.2) is 18.2 Å². The van der Waals surface area contributed by atoms with Crippen molar-refractivity contribution in [1.29, 1.82) is 0 Å². The first-order chi connectivity index (χ1) is 11.0. The van der Waals surface area contributed by atoms with Gasteiger partial charge < -0.3 is 15.4 Å². The van der Waals surface area contributed by atoms with E-state index >= 15 is 0 Å². The van der Waals surface area contributed by atoms with Gasteiger partial charge in [0.1, 0.15) is 5.75 Å². The molecule has 2 N–H and O–H groups in total. The lowest BCUT2D eigenvalue weighted by molar-refractivity contribution is 0.244. The van der Waals surface area contributed by atoms with Crippen LogP contribution in [0.5, 0.6) is 5.75 Å². The second kappa shape index (κ2) is 8.34. The van der Waals surface area contributed by atoms with Crippen molar-refractivity contribution >= 4 is 22.5 Å². The molecule has 0 saturated heterocycles. The van der Waals surface area contributed by atoms with Gasteiger partial charge in [-0.15, -0.1) is 0 Å². The molecule has 1 fully saturated rings. The van der Waals surface area contributed by atoms with E-state index < -0.39 is 10.8 Å². The van der Waals surface area contributed by atoms with Crippen LogP contribution in [0.3, 0.4) is 0 Å². The van der Waals surface area contributed by atoms with Crippen molar-refractivity contribution in [3.8, 4) is 5.75 Å². The molecule has 1 saturated carbocycles. The van der Waals surface area contributed by atoms with Crippen LogP contribution >= 0.6 is 0 Å². The van der Waals surface area contributed by atoms with Crippen LogP contribution in [0.2, 0.25) is 0 Å². The first-order valence-corrected chi connectivity index (χ1v) is 9.51. The van der Waals surface area contributed by atoms with Crippen molar-refractivity contribution < 1.29 is 13.7 Å². The van der Waals surface area contributed by atoms with Crippen molar-refractivity contribution in [3.05, 3.63) is 23.8 Å². The summed E-state index contributed by atoms with van der Waals surface area (Å²) in [5.41, 5.74) is 1.71. The van der Waals surface area contributed by atoms with E-state index in [2.05, 4.69) is 10.6 Å². The van der Waals surface area contributed by atoms with Gasteiger partial charge in [0.2, 0.25) is 0 Å². The second-order valence-electron chi connectivity index (χ2n) is 5.94. The number of carbonyl (C=O) groups excluding carboxylic acids is 1. The van der Waals surface area contributed by atoms with Crippen LogP contribution in [-0.4, -0.2) is 34.4 Å². The van der Waals surface area contributed by atoms with Gasteiger partial charge in [-0.2, -0.15) is 0 Å². The fraction of sp³-hybridized carbons (Fsp3) is 0.588. The Labute approximate surface area is 140 Å². The van der Waals surface area contributed by atoms with E-state index in [1.165, 1.54) is 0 Å². The fourth-order valence-electron chi connectivity index (χ4n) is 3.06. The van der Waals surface area contributed by atoms with Crippen molar-refractivity contribution in [2.24, 2.45) is 0 Å². The molecule has 1 aromatic rings. The molecule has 0 aliphatic heterocycles. The zero-order valence-electron chi connectivity index (χ0n) is 14.1. The monoisotopic (exact) mass is 338 g/mol. The van der Waals surface area contributed by atoms with E-state index in [1.807, 2.05) is 32.0 Å². The van der Waals surface area contributed by atoms with E-state index in [0.29, 0.717) is 5.75 Å².